The van der Waals surface area contributed by atoms with Crippen LogP contribution in [0.15, 0.2) is 30.3 Å². The van der Waals surface area contributed by atoms with E-state index >= 15 is 0 Å². The molecule has 4 nitrogen and oxygen atoms in total. The molecule has 1 aliphatic rings. The van der Waals surface area contributed by atoms with E-state index in [0.717, 1.165) is 6.42 Å². The number of amides is 2. The van der Waals surface area contributed by atoms with E-state index in [1.165, 1.54) is 5.56 Å². The smallest absolute Gasteiger partial charge is 0.225 e. The molecule has 1 saturated heterocycles. The van der Waals surface area contributed by atoms with E-state index in [2.05, 4.69) is 36.6 Å². The maximum absolute atomic E-state index is 12.1. The summed E-state index contributed by atoms with van der Waals surface area (Å²) in [5.41, 5.74) is 1.29. The third kappa shape index (κ3) is 4.59. The zero-order valence-electron chi connectivity index (χ0n) is 12.8. The molecule has 21 heavy (non-hydrogen) atoms. The average molecular weight is 288 g/mol. The third-order valence-electron chi connectivity index (χ3n) is 4.17. The Morgan fingerprint density at radius 1 is 1.33 bits per heavy atom. The third-order valence-corrected chi connectivity index (χ3v) is 4.17. The molecule has 2 rings (SSSR count). The average Bonchev–Trinajstić information content (AvgIpc) is 2.90. The normalized spacial score (nSPS) is 19.4. The molecular formula is C17H24N2O2. The molecule has 0 unspecified atom stereocenters. The lowest BCUT2D eigenvalue weighted by molar-refractivity contribution is -0.126. The lowest BCUT2D eigenvalue weighted by Gasteiger charge is -2.22. The molecule has 2 amide bonds. The van der Waals surface area contributed by atoms with Gasteiger partial charge in [-0.2, -0.15) is 0 Å². The fourth-order valence-corrected chi connectivity index (χ4v) is 2.63. The molecule has 0 radical (unpaired) electrons. The van der Waals surface area contributed by atoms with Crippen LogP contribution in [0, 0.1) is 17.8 Å². The first kappa shape index (κ1) is 15.5. The van der Waals surface area contributed by atoms with Crippen molar-refractivity contribution < 1.29 is 9.59 Å². The molecule has 1 fully saturated rings. The van der Waals surface area contributed by atoms with Crippen LogP contribution in [0.4, 0.5) is 0 Å². The van der Waals surface area contributed by atoms with Gasteiger partial charge in [0.25, 0.3) is 0 Å². The first-order valence-corrected chi connectivity index (χ1v) is 7.64. The molecule has 114 valence electrons. The molecule has 0 bridgehead atoms. The number of carbonyl (C=O) groups excluding carboxylic acids is 2. The maximum Gasteiger partial charge on any atom is 0.225 e. The molecule has 1 aromatic rings. The fraction of sp³-hybridized carbons (Fsp3) is 0.529. The van der Waals surface area contributed by atoms with Crippen molar-refractivity contribution in [2.24, 2.45) is 17.8 Å². The van der Waals surface area contributed by atoms with Crippen molar-refractivity contribution in [3.63, 3.8) is 0 Å². The van der Waals surface area contributed by atoms with Crippen LogP contribution >= 0.6 is 0 Å². The zero-order chi connectivity index (χ0) is 15.2. The van der Waals surface area contributed by atoms with Crippen molar-refractivity contribution in [3.05, 3.63) is 35.9 Å². The van der Waals surface area contributed by atoms with Gasteiger partial charge < -0.3 is 10.6 Å². The Hall–Kier alpha value is -1.84. The number of nitrogens with one attached hydrogen (secondary N) is 2. The van der Waals surface area contributed by atoms with Crippen LogP contribution in [0.3, 0.4) is 0 Å². The van der Waals surface area contributed by atoms with Crippen LogP contribution < -0.4 is 10.6 Å². The number of hydrogen-bond acceptors (Lipinski definition) is 2. The minimum absolute atomic E-state index is 0.00735. The van der Waals surface area contributed by atoms with Gasteiger partial charge in [0.15, 0.2) is 0 Å². The molecule has 0 saturated carbocycles. The second-order valence-electron chi connectivity index (χ2n) is 6.14. The summed E-state index contributed by atoms with van der Waals surface area (Å²) in [6, 6.07) is 10.3. The van der Waals surface area contributed by atoms with Crippen molar-refractivity contribution in [3.8, 4) is 0 Å². The maximum atomic E-state index is 12.1. The number of benzene rings is 1. The molecule has 0 aliphatic carbocycles. The fourth-order valence-electron chi connectivity index (χ4n) is 2.63. The Morgan fingerprint density at radius 2 is 2.05 bits per heavy atom. The molecule has 2 atom stereocenters. The summed E-state index contributed by atoms with van der Waals surface area (Å²) < 4.78 is 0. The highest BCUT2D eigenvalue weighted by Crippen LogP contribution is 2.17. The summed E-state index contributed by atoms with van der Waals surface area (Å²) in [7, 11) is 0. The van der Waals surface area contributed by atoms with Crippen molar-refractivity contribution in [2.75, 3.05) is 13.1 Å². The Bertz CT molecular complexity index is 485. The first-order chi connectivity index (χ1) is 10.1. The highest BCUT2D eigenvalue weighted by molar-refractivity contribution is 5.89. The van der Waals surface area contributed by atoms with Crippen LogP contribution in [0.25, 0.3) is 0 Å². The largest absolute Gasteiger partial charge is 0.355 e. The Balaban J connectivity index is 1.85. The summed E-state index contributed by atoms with van der Waals surface area (Å²) >= 11 is 0. The van der Waals surface area contributed by atoms with Crippen LogP contribution in [-0.4, -0.2) is 24.9 Å². The quantitative estimate of drug-likeness (QED) is 0.838. The van der Waals surface area contributed by atoms with Crippen molar-refractivity contribution in [1.82, 2.24) is 10.6 Å². The highest BCUT2D eigenvalue weighted by Gasteiger charge is 2.28. The molecule has 1 heterocycles. The Labute approximate surface area is 126 Å². The molecule has 0 aromatic heterocycles. The zero-order valence-corrected chi connectivity index (χ0v) is 12.8. The van der Waals surface area contributed by atoms with E-state index < -0.39 is 0 Å². The van der Waals surface area contributed by atoms with Gasteiger partial charge in [0.05, 0.1) is 5.92 Å². The lowest BCUT2D eigenvalue weighted by Crippen LogP contribution is -2.37. The summed E-state index contributed by atoms with van der Waals surface area (Å²) in [6.45, 7) is 5.49. The predicted octanol–water partition coefficient (Wildman–Crippen LogP) is 1.75. The van der Waals surface area contributed by atoms with E-state index in [9.17, 15) is 9.59 Å². The van der Waals surface area contributed by atoms with Crippen LogP contribution in [0.1, 0.15) is 25.8 Å². The lowest BCUT2D eigenvalue weighted by atomic mass is 9.89. The number of rotatable bonds is 6. The van der Waals surface area contributed by atoms with E-state index in [0.29, 0.717) is 31.3 Å². The summed E-state index contributed by atoms with van der Waals surface area (Å²) in [4.78, 5) is 23.2. The summed E-state index contributed by atoms with van der Waals surface area (Å²) in [6.07, 6.45) is 1.28. The minimum atomic E-state index is -0.206. The number of hydrogen-bond donors (Lipinski definition) is 2. The van der Waals surface area contributed by atoms with Gasteiger partial charge >= 0.3 is 0 Å². The molecule has 0 spiro atoms. The summed E-state index contributed by atoms with van der Waals surface area (Å²) in [5, 5.41) is 5.72. The molecule has 1 aliphatic heterocycles. The van der Waals surface area contributed by atoms with Crippen LogP contribution in [0.5, 0.6) is 0 Å². The number of carbonyl (C=O) groups is 2. The highest BCUT2D eigenvalue weighted by atomic mass is 16.2. The second kappa shape index (κ2) is 7.25. The molecule has 4 heteroatoms. The monoisotopic (exact) mass is 288 g/mol. The van der Waals surface area contributed by atoms with Crippen LogP contribution in [0.2, 0.25) is 0 Å². The first-order valence-electron chi connectivity index (χ1n) is 7.64. The molecule has 1 aromatic carbocycles. The molecular weight excluding hydrogens is 264 g/mol. The van der Waals surface area contributed by atoms with E-state index in [-0.39, 0.29) is 17.7 Å². The molecule has 2 N–H and O–H groups in total. The SMILES string of the molecule is CC(C)[C@H](CNC(=O)[C@H]1CNC(=O)C1)Cc1ccccc1. The van der Waals surface area contributed by atoms with Crippen molar-refractivity contribution >= 4 is 11.8 Å². The Kier molecular flexibility index (Phi) is 5.37. The van der Waals surface area contributed by atoms with Gasteiger partial charge in [-0.25, -0.2) is 0 Å². The summed E-state index contributed by atoms with van der Waals surface area (Å²) in [5.74, 6) is 0.657. The van der Waals surface area contributed by atoms with Gasteiger partial charge in [-0.1, -0.05) is 44.2 Å². The van der Waals surface area contributed by atoms with Gasteiger partial charge in [0.2, 0.25) is 11.8 Å². The van der Waals surface area contributed by atoms with Gasteiger partial charge in [0.1, 0.15) is 0 Å². The predicted molar refractivity (Wildman–Crippen MR) is 82.6 cm³/mol. The van der Waals surface area contributed by atoms with Gasteiger partial charge in [-0.05, 0) is 23.8 Å². The minimum Gasteiger partial charge on any atom is -0.355 e. The second-order valence-corrected chi connectivity index (χ2v) is 6.14. The van der Waals surface area contributed by atoms with E-state index in [1.807, 2.05) is 18.2 Å². The van der Waals surface area contributed by atoms with Crippen molar-refractivity contribution in [2.45, 2.75) is 26.7 Å². The van der Waals surface area contributed by atoms with Gasteiger partial charge in [-0.3, -0.25) is 9.59 Å². The van der Waals surface area contributed by atoms with Gasteiger partial charge in [-0.15, -0.1) is 0 Å². The Morgan fingerprint density at radius 3 is 2.62 bits per heavy atom. The van der Waals surface area contributed by atoms with Gasteiger partial charge in [0, 0.05) is 19.5 Å². The van der Waals surface area contributed by atoms with Crippen LogP contribution in [-0.2, 0) is 16.0 Å². The standard InChI is InChI=1S/C17H24N2O2/c1-12(2)14(8-13-6-4-3-5-7-13)10-19-17(21)15-9-16(20)18-11-15/h3-7,12,14-15H,8-11H2,1-2H3,(H,18,20)(H,19,21)/t14-,15+/m0/s1. The van der Waals surface area contributed by atoms with Crippen molar-refractivity contribution in [1.29, 1.82) is 0 Å². The topological polar surface area (TPSA) is 58.2 Å². The van der Waals surface area contributed by atoms with E-state index in [1.54, 1.807) is 0 Å². The van der Waals surface area contributed by atoms with E-state index in [4.69, 9.17) is 0 Å².